The molecule has 4 nitrogen and oxygen atoms in total. The fraction of sp³-hybridized carbons (Fsp3) is 0.462. The first kappa shape index (κ1) is 14.3. The number of amides is 1. The Labute approximate surface area is 119 Å². The third-order valence-electron chi connectivity index (χ3n) is 3.18. The summed E-state index contributed by atoms with van der Waals surface area (Å²) < 4.78 is 19.0. The van der Waals surface area contributed by atoms with E-state index in [1.54, 1.807) is 0 Å². The van der Waals surface area contributed by atoms with Crippen molar-refractivity contribution in [2.75, 3.05) is 18.9 Å². The Kier molecular flexibility index (Phi) is 4.10. The van der Waals surface area contributed by atoms with E-state index in [1.807, 2.05) is 6.92 Å². The van der Waals surface area contributed by atoms with E-state index in [0.717, 1.165) is 19.4 Å². The van der Waals surface area contributed by atoms with Crippen LogP contribution in [0.1, 0.15) is 30.1 Å². The van der Waals surface area contributed by atoms with Gasteiger partial charge in [0.05, 0.1) is 23.4 Å². The van der Waals surface area contributed by atoms with Crippen molar-refractivity contribution in [1.29, 1.82) is 0 Å². The zero-order valence-corrected chi connectivity index (χ0v) is 12.2. The third-order valence-corrected chi connectivity index (χ3v) is 3.84. The largest absolute Gasteiger partial charge is 0.396 e. The number of halogens is 2. The van der Waals surface area contributed by atoms with Crippen LogP contribution < -0.4 is 11.1 Å². The summed E-state index contributed by atoms with van der Waals surface area (Å²) in [7, 11) is 0. The number of rotatable bonds is 2. The summed E-state index contributed by atoms with van der Waals surface area (Å²) in [5.41, 5.74) is 5.38. The fourth-order valence-electron chi connectivity index (χ4n) is 2.11. The molecule has 1 aromatic carbocycles. The molecule has 0 saturated carbocycles. The Morgan fingerprint density at radius 2 is 2.32 bits per heavy atom. The predicted molar refractivity (Wildman–Crippen MR) is 74.4 cm³/mol. The molecule has 0 spiro atoms. The molecule has 1 saturated heterocycles. The Morgan fingerprint density at radius 1 is 1.58 bits per heavy atom. The zero-order chi connectivity index (χ0) is 14.0. The summed E-state index contributed by atoms with van der Waals surface area (Å²) in [6, 6.07) is 2.53. The maximum Gasteiger partial charge on any atom is 0.253 e. The van der Waals surface area contributed by atoms with Crippen molar-refractivity contribution < 1.29 is 13.9 Å². The highest BCUT2D eigenvalue weighted by atomic mass is 79.9. The van der Waals surface area contributed by atoms with Gasteiger partial charge in [-0.3, -0.25) is 4.79 Å². The molecule has 19 heavy (non-hydrogen) atoms. The number of hydrogen-bond donors (Lipinski definition) is 2. The summed E-state index contributed by atoms with van der Waals surface area (Å²) in [5, 5.41) is 2.93. The molecule has 104 valence electrons. The van der Waals surface area contributed by atoms with Crippen LogP contribution in [-0.2, 0) is 4.74 Å². The van der Waals surface area contributed by atoms with Crippen molar-refractivity contribution in [3.05, 3.63) is 28.0 Å². The van der Waals surface area contributed by atoms with Gasteiger partial charge in [0.2, 0.25) is 0 Å². The van der Waals surface area contributed by atoms with Crippen molar-refractivity contribution in [2.24, 2.45) is 0 Å². The predicted octanol–water partition coefficient (Wildman–Crippen LogP) is 2.47. The molecule has 1 unspecified atom stereocenters. The summed E-state index contributed by atoms with van der Waals surface area (Å²) in [5.74, 6) is -0.831. The molecule has 1 heterocycles. The van der Waals surface area contributed by atoms with E-state index in [4.69, 9.17) is 10.5 Å². The second kappa shape index (κ2) is 5.46. The second-order valence-electron chi connectivity index (χ2n) is 5.02. The SMILES string of the molecule is CC1(NC(=O)c2cc(N)c(F)cc2Br)CCCOC1. The number of carbonyl (C=O) groups excluding carboxylic acids is 1. The maximum atomic E-state index is 13.3. The van der Waals surface area contributed by atoms with Gasteiger partial charge in [-0.1, -0.05) is 0 Å². The molecule has 1 fully saturated rings. The second-order valence-corrected chi connectivity index (χ2v) is 5.88. The topological polar surface area (TPSA) is 64.4 Å². The van der Waals surface area contributed by atoms with Crippen LogP contribution in [0.4, 0.5) is 10.1 Å². The number of ether oxygens (including phenoxy) is 1. The number of nitrogens with one attached hydrogen (secondary N) is 1. The fourth-order valence-corrected chi connectivity index (χ4v) is 2.61. The van der Waals surface area contributed by atoms with Gasteiger partial charge in [0.25, 0.3) is 5.91 Å². The Bertz CT molecular complexity index is 502. The average Bonchev–Trinajstić information content (AvgIpc) is 2.34. The average molecular weight is 331 g/mol. The first-order valence-corrected chi connectivity index (χ1v) is 6.85. The lowest BCUT2D eigenvalue weighted by molar-refractivity contribution is 0.0272. The van der Waals surface area contributed by atoms with Gasteiger partial charge in [-0.2, -0.15) is 0 Å². The van der Waals surface area contributed by atoms with Crippen LogP contribution in [-0.4, -0.2) is 24.7 Å². The van der Waals surface area contributed by atoms with E-state index in [2.05, 4.69) is 21.2 Å². The molecule has 6 heteroatoms. The van der Waals surface area contributed by atoms with Gasteiger partial charge in [-0.05, 0) is 47.8 Å². The number of nitrogen functional groups attached to an aromatic ring is 1. The molecular formula is C13H16BrFN2O2. The minimum absolute atomic E-state index is 0.0432. The van der Waals surface area contributed by atoms with E-state index < -0.39 is 11.4 Å². The zero-order valence-electron chi connectivity index (χ0n) is 10.6. The van der Waals surface area contributed by atoms with Gasteiger partial charge < -0.3 is 15.8 Å². The maximum absolute atomic E-state index is 13.3. The van der Waals surface area contributed by atoms with Crippen LogP contribution in [0.15, 0.2) is 16.6 Å². The van der Waals surface area contributed by atoms with Gasteiger partial charge >= 0.3 is 0 Å². The number of carbonyl (C=O) groups is 1. The van der Waals surface area contributed by atoms with E-state index in [0.29, 0.717) is 16.6 Å². The quantitative estimate of drug-likeness (QED) is 0.819. The lowest BCUT2D eigenvalue weighted by Gasteiger charge is -2.34. The molecule has 1 aromatic rings. The highest BCUT2D eigenvalue weighted by molar-refractivity contribution is 9.10. The molecule has 0 aromatic heterocycles. The monoisotopic (exact) mass is 330 g/mol. The molecule has 3 N–H and O–H groups in total. The van der Waals surface area contributed by atoms with Crippen molar-refractivity contribution in [1.82, 2.24) is 5.32 Å². The lowest BCUT2D eigenvalue weighted by Crippen LogP contribution is -2.51. The number of anilines is 1. The first-order valence-electron chi connectivity index (χ1n) is 6.06. The van der Waals surface area contributed by atoms with Crippen LogP contribution in [0.2, 0.25) is 0 Å². The Morgan fingerprint density at radius 3 is 2.95 bits per heavy atom. The highest BCUT2D eigenvalue weighted by Gasteiger charge is 2.30. The number of benzene rings is 1. The van der Waals surface area contributed by atoms with Gasteiger partial charge in [-0.15, -0.1) is 0 Å². The van der Waals surface area contributed by atoms with Crippen molar-refractivity contribution >= 4 is 27.5 Å². The van der Waals surface area contributed by atoms with Gasteiger partial charge in [0, 0.05) is 11.1 Å². The van der Waals surface area contributed by atoms with Crippen molar-refractivity contribution in [2.45, 2.75) is 25.3 Å². The normalized spacial score (nSPS) is 23.1. The summed E-state index contributed by atoms with van der Waals surface area (Å²) in [4.78, 5) is 12.2. The molecule has 1 aliphatic rings. The van der Waals surface area contributed by atoms with E-state index in [9.17, 15) is 9.18 Å². The van der Waals surface area contributed by atoms with Crippen LogP contribution in [0, 0.1) is 5.82 Å². The summed E-state index contributed by atoms with van der Waals surface area (Å²) in [6.07, 6.45) is 1.76. The van der Waals surface area contributed by atoms with Gasteiger partial charge in [0.15, 0.2) is 0 Å². The lowest BCUT2D eigenvalue weighted by atomic mass is 9.94. The number of nitrogens with two attached hydrogens (primary N) is 1. The third kappa shape index (κ3) is 3.25. The van der Waals surface area contributed by atoms with Crippen LogP contribution in [0.5, 0.6) is 0 Å². The molecule has 1 aliphatic heterocycles. The van der Waals surface area contributed by atoms with E-state index in [-0.39, 0.29) is 11.6 Å². The van der Waals surface area contributed by atoms with Crippen LogP contribution in [0.3, 0.4) is 0 Å². The van der Waals surface area contributed by atoms with Crippen molar-refractivity contribution in [3.63, 3.8) is 0 Å². The molecule has 1 atom stereocenters. The number of hydrogen-bond acceptors (Lipinski definition) is 3. The standard InChI is InChI=1S/C13H16BrFN2O2/c1-13(3-2-4-19-7-13)17-12(18)8-5-11(16)10(15)6-9(8)14/h5-6H,2-4,7,16H2,1H3,(H,17,18). The summed E-state index contributed by atoms with van der Waals surface area (Å²) in [6.45, 7) is 3.14. The van der Waals surface area contributed by atoms with Crippen LogP contribution >= 0.6 is 15.9 Å². The smallest absolute Gasteiger partial charge is 0.253 e. The van der Waals surface area contributed by atoms with E-state index >= 15 is 0 Å². The van der Waals surface area contributed by atoms with Gasteiger partial charge in [-0.25, -0.2) is 4.39 Å². The van der Waals surface area contributed by atoms with Crippen LogP contribution in [0.25, 0.3) is 0 Å². The van der Waals surface area contributed by atoms with Crippen molar-refractivity contribution in [3.8, 4) is 0 Å². The Balaban J connectivity index is 2.18. The molecule has 0 aliphatic carbocycles. The highest BCUT2D eigenvalue weighted by Crippen LogP contribution is 2.25. The molecule has 1 amide bonds. The molecule has 0 radical (unpaired) electrons. The summed E-state index contributed by atoms with van der Waals surface area (Å²) >= 11 is 3.18. The molecular weight excluding hydrogens is 315 g/mol. The van der Waals surface area contributed by atoms with E-state index in [1.165, 1.54) is 12.1 Å². The van der Waals surface area contributed by atoms with Gasteiger partial charge in [0.1, 0.15) is 5.82 Å². The Hall–Kier alpha value is -1.14. The first-order chi connectivity index (χ1) is 8.91. The minimum atomic E-state index is -0.546. The minimum Gasteiger partial charge on any atom is -0.396 e. The molecule has 2 rings (SSSR count). The molecule has 0 bridgehead atoms.